The third kappa shape index (κ3) is 6.21. The van der Waals surface area contributed by atoms with Crippen molar-refractivity contribution in [2.75, 3.05) is 19.2 Å². The van der Waals surface area contributed by atoms with Gasteiger partial charge in [-0.3, -0.25) is 19.9 Å². The van der Waals surface area contributed by atoms with Crippen molar-refractivity contribution >= 4 is 35.3 Å². The van der Waals surface area contributed by atoms with E-state index >= 15 is 0 Å². The van der Waals surface area contributed by atoms with Crippen LogP contribution in [0.2, 0.25) is 0 Å². The second-order valence-electron chi connectivity index (χ2n) is 8.36. The van der Waals surface area contributed by atoms with Gasteiger partial charge in [0.15, 0.2) is 5.71 Å². The smallest absolute Gasteiger partial charge is 0.359 e. The SMILES string of the molecule is COOCc1[nH]n(-c2ccc(C(=O)O)cc2)c(=O)c1/C=C/C=C1\C(=O)N(c2ccc(COO)cc2)N=C1C(=O)OC. The number of rotatable bonds is 11. The van der Waals surface area contributed by atoms with E-state index in [2.05, 4.69) is 20.0 Å². The van der Waals surface area contributed by atoms with Gasteiger partial charge in [0.2, 0.25) is 0 Å². The molecule has 212 valence electrons. The van der Waals surface area contributed by atoms with Crippen molar-refractivity contribution in [3.05, 3.63) is 99.0 Å². The molecule has 2 aromatic carbocycles. The van der Waals surface area contributed by atoms with Gasteiger partial charge < -0.3 is 9.84 Å². The zero-order valence-corrected chi connectivity index (χ0v) is 21.8. The summed E-state index contributed by atoms with van der Waals surface area (Å²) in [6.07, 6.45) is 4.14. The van der Waals surface area contributed by atoms with Gasteiger partial charge in [0, 0.05) is 0 Å². The van der Waals surface area contributed by atoms with Crippen molar-refractivity contribution < 1.29 is 44.1 Å². The molecule has 0 bridgehead atoms. The highest BCUT2D eigenvalue weighted by molar-refractivity contribution is 6.53. The maximum absolute atomic E-state index is 13.2. The molecule has 1 aliphatic rings. The first-order chi connectivity index (χ1) is 19.8. The van der Waals surface area contributed by atoms with E-state index in [1.807, 2.05) is 0 Å². The number of H-pyrrole nitrogens is 1. The minimum atomic E-state index is -1.11. The lowest BCUT2D eigenvalue weighted by Gasteiger charge is -2.11. The lowest BCUT2D eigenvalue weighted by molar-refractivity contribution is -0.282. The molecule has 1 aliphatic heterocycles. The molecule has 14 heteroatoms. The van der Waals surface area contributed by atoms with E-state index in [0.717, 1.165) is 12.1 Å². The summed E-state index contributed by atoms with van der Waals surface area (Å²) in [7, 11) is 2.46. The molecule has 0 saturated heterocycles. The molecule has 0 unspecified atom stereocenters. The number of hydrazone groups is 1. The number of anilines is 1. The van der Waals surface area contributed by atoms with Crippen LogP contribution in [-0.4, -0.2) is 57.9 Å². The molecule has 14 nitrogen and oxygen atoms in total. The fourth-order valence-electron chi connectivity index (χ4n) is 3.87. The fraction of sp³-hybridized carbons (Fsp3) is 0.148. The number of nitrogens with one attached hydrogen (secondary N) is 1. The van der Waals surface area contributed by atoms with Gasteiger partial charge in [0.1, 0.15) is 13.2 Å². The Morgan fingerprint density at radius 3 is 2.29 bits per heavy atom. The minimum Gasteiger partial charge on any atom is -0.478 e. The molecule has 41 heavy (non-hydrogen) atoms. The summed E-state index contributed by atoms with van der Waals surface area (Å²) in [6, 6.07) is 12.0. The number of esters is 1. The van der Waals surface area contributed by atoms with Crippen LogP contribution < -0.4 is 10.6 Å². The van der Waals surface area contributed by atoms with E-state index in [0.29, 0.717) is 22.6 Å². The van der Waals surface area contributed by atoms with Crippen LogP contribution >= 0.6 is 0 Å². The average Bonchev–Trinajstić information content (AvgIpc) is 3.48. The normalized spacial score (nSPS) is 14.2. The lowest BCUT2D eigenvalue weighted by Crippen LogP contribution is -2.22. The lowest BCUT2D eigenvalue weighted by atomic mass is 10.1. The number of methoxy groups -OCH3 is 1. The van der Waals surface area contributed by atoms with Gasteiger partial charge in [-0.05, 0) is 54.1 Å². The third-order valence-electron chi connectivity index (χ3n) is 5.89. The van der Waals surface area contributed by atoms with Crippen molar-refractivity contribution in [1.29, 1.82) is 0 Å². The number of nitrogens with zero attached hydrogens (tertiary/aromatic N) is 3. The number of aromatic amines is 1. The molecule has 4 rings (SSSR count). The number of carboxylic acids is 1. The molecule has 0 aliphatic carbocycles. The minimum absolute atomic E-state index is 0.0488. The van der Waals surface area contributed by atoms with Crippen molar-refractivity contribution in [3.8, 4) is 5.69 Å². The van der Waals surface area contributed by atoms with E-state index < -0.39 is 23.4 Å². The number of ether oxygens (including phenoxy) is 1. The zero-order chi connectivity index (χ0) is 29.5. The zero-order valence-electron chi connectivity index (χ0n) is 21.8. The third-order valence-corrected chi connectivity index (χ3v) is 5.89. The quantitative estimate of drug-likeness (QED) is 0.135. The van der Waals surface area contributed by atoms with Crippen molar-refractivity contribution in [2.45, 2.75) is 13.2 Å². The Balaban J connectivity index is 1.68. The van der Waals surface area contributed by atoms with Crippen LogP contribution in [0.3, 0.4) is 0 Å². The molecule has 3 N–H and O–H groups in total. The molecule has 3 aromatic rings. The average molecular weight is 565 g/mol. The van der Waals surface area contributed by atoms with Crippen LogP contribution in [0.25, 0.3) is 11.8 Å². The Hall–Kier alpha value is -5.15. The summed E-state index contributed by atoms with van der Waals surface area (Å²) in [4.78, 5) is 63.8. The highest BCUT2D eigenvalue weighted by Crippen LogP contribution is 2.25. The number of hydrogen-bond acceptors (Lipinski definition) is 10. The first-order valence-corrected chi connectivity index (χ1v) is 11.9. The predicted octanol–water partition coefficient (Wildman–Crippen LogP) is 2.45. The number of carbonyl (C=O) groups is 3. The molecule has 1 aromatic heterocycles. The van der Waals surface area contributed by atoms with Crippen molar-refractivity contribution in [2.24, 2.45) is 5.10 Å². The molecule has 0 saturated carbocycles. The van der Waals surface area contributed by atoms with E-state index in [4.69, 9.17) is 20.0 Å². The largest absolute Gasteiger partial charge is 0.478 e. The number of benzene rings is 2. The second-order valence-corrected chi connectivity index (χ2v) is 8.36. The van der Waals surface area contributed by atoms with E-state index in [1.165, 1.54) is 54.3 Å². The highest BCUT2D eigenvalue weighted by atomic mass is 17.2. The maximum Gasteiger partial charge on any atom is 0.359 e. The van der Waals surface area contributed by atoms with Gasteiger partial charge >= 0.3 is 11.9 Å². The number of aromatic nitrogens is 2. The molecule has 1 amide bonds. The molecule has 0 radical (unpaired) electrons. The molecule has 2 heterocycles. The van der Waals surface area contributed by atoms with Crippen molar-refractivity contribution in [3.63, 3.8) is 0 Å². The monoisotopic (exact) mass is 564 g/mol. The van der Waals surface area contributed by atoms with Gasteiger partial charge in [0.05, 0.1) is 48.0 Å². The Kier molecular flexibility index (Phi) is 9.01. The first kappa shape index (κ1) is 28.8. The van der Waals surface area contributed by atoms with Gasteiger partial charge in [-0.25, -0.2) is 28.9 Å². The van der Waals surface area contributed by atoms with E-state index in [1.54, 1.807) is 24.3 Å². The predicted molar refractivity (Wildman–Crippen MR) is 143 cm³/mol. The standard InChI is InChI=1S/C27H24N4O10/c1-38-27(36)23-21(25(33)31(29-23)18-10-6-16(7-11-18)14-40-37)5-3-4-20-22(15-41-39-2)28-30(24(20)32)19-12-8-17(9-13-19)26(34)35/h3-13,28,37H,14-15H2,1-2H3,(H,34,35)/b4-3+,21-5-. The first-order valence-electron chi connectivity index (χ1n) is 11.9. The summed E-state index contributed by atoms with van der Waals surface area (Å²) in [6.45, 7) is -0.187. The summed E-state index contributed by atoms with van der Waals surface area (Å²) in [5, 5.41) is 25.8. The van der Waals surface area contributed by atoms with Crippen LogP contribution in [0.5, 0.6) is 0 Å². The molecule has 0 atom stereocenters. The van der Waals surface area contributed by atoms with Crippen LogP contribution in [0, 0.1) is 0 Å². The topological polar surface area (TPSA) is 182 Å². The summed E-state index contributed by atoms with van der Waals surface area (Å²) in [5.41, 5.74) is 1.08. The van der Waals surface area contributed by atoms with E-state index in [-0.39, 0.29) is 35.6 Å². The summed E-state index contributed by atoms with van der Waals surface area (Å²) in [5.74, 6) is -2.56. The van der Waals surface area contributed by atoms with Crippen LogP contribution in [0.4, 0.5) is 5.69 Å². The summed E-state index contributed by atoms with van der Waals surface area (Å²) >= 11 is 0. The Morgan fingerprint density at radius 2 is 1.68 bits per heavy atom. The molecular formula is C27H24N4O10. The number of amides is 1. The van der Waals surface area contributed by atoms with E-state index in [9.17, 15) is 19.2 Å². The van der Waals surface area contributed by atoms with Crippen LogP contribution in [-0.2, 0) is 42.2 Å². The fourth-order valence-corrected chi connectivity index (χ4v) is 3.87. The number of carbonyl (C=O) groups excluding carboxylic acids is 2. The second kappa shape index (κ2) is 12.8. The number of aromatic carboxylic acids is 1. The number of allylic oxidation sites excluding steroid dienone is 2. The Labute approximate surface area is 231 Å². The Morgan fingerprint density at radius 1 is 1.00 bits per heavy atom. The van der Waals surface area contributed by atoms with Crippen LogP contribution in [0.1, 0.15) is 27.2 Å². The maximum atomic E-state index is 13.2. The van der Waals surface area contributed by atoms with Gasteiger partial charge in [-0.15, -0.1) is 0 Å². The molecule has 0 spiro atoms. The summed E-state index contributed by atoms with van der Waals surface area (Å²) < 4.78 is 5.98. The van der Waals surface area contributed by atoms with Crippen molar-refractivity contribution in [1.82, 2.24) is 9.78 Å². The number of carboxylic acid groups (broad SMARTS) is 1. The number of hydrogen-bond donors (Lipinski definition) is 3. The molecule has 0 fully saturated rings. The molecular weight excluding hydrogens is 540 g/mol. The highest BCUT2D eigenvalue weighted by Gasteiger charge is 2.35. The van der Waals surface area contributed by atoms with Gasteiger partial charge in [-0.2, -0.15) is 10.1 Å². The van der Waals surface area contributed by atoms with Gasteiger partial charge in [0.25, 0.3) is 11.5 Å². The van der Waals surface area contributed by atoms with Gasteiger partial charge in [-0.1, -0.05) is 18.2 Å². The Bertz CT molecular complexity index is 1600. The van der Waals surface area contributed by atoms with Crippen LogP contribution in [0.15, 0.2) is 76.2 Å².